The van der Waals surface area contributed by atoms with Crippen LogP contribution in [-0.2, 0) is 16.0 Å². The highest BCUT2D eigenvalue weighted by Gasteiger charge is 2.41. The van der Waals surface area contributed by atoms with Gasteiger partial charge in [0.15, 0.2) is 5.79 Å². The summed E-state index contributed by atoms with van der Waals surface area (Å²) in [7, 11) is 0. The average molecular weight is 328 g/mol. The molecule has 1 atom stereocenters. The summed E-state index contributed by atoms with van der Waals surface area (Å²) in [6, 6.07) is 4.01. The highest BCUT2D eigenvalue weighted by molar-refractivity contribution is 5.61. The van der Waals surface area contributed by atoms with E-state index in [9.17, 15) is 0 Å². The summed E-state index contributed by atoms with van der Waals surface area (Å²) in [6.07, 6.45) is 7.92. The molecule has 0 bridgehead atoms. The molecule has 6 heteroatoms. The molecule has 6 nitrogen and oxygen atoms in total. The Labute approximate surface area is 142 Å². The van der Waals surface area contributed by atoms with E-state index >= 15 is 0 Å². The normalized spacial score (nSPS) is 24.3. The van der Waals surface area contributed by atoms with Crippen LogP contribution in [0.4, 0.5) is 0 Å². The van der Waals surface area contributed by atoms with Crippen LogP contribution in [0, 0.1) is 5.92 Å². The number of nitrogens with zero attached hydrogens (tertiary/aromatic N) is 3. The van der Waals surface area contributed by atoms with E-state index in [-0.39, 0.29) is 0 Å². The molecule has 2 aliphatic rings. The van der Waals surface area contributed by atoms with Crippen molar-refractivity contribution in [3.05, 3.63) is 36.3 Å². The number of H-pyrrole nitrogens is 1. The fourth-order valence-corrected chi connectivity index (χ4v) is 3.83. The fourth-order valence-electron chi connectivity index (χ4n) is 3.83. The molecular formula is C18H24N4O2. The topological polar surface area (TPSA) is 63.3 Å². The van der Waals surface area contributed by atoms with Gasteiger partial charge in [0.1, 0.15) is 0 Å². The molecule has 24 heavy (non-hydrogen) atoms. The molecule has 2 aromatic rings. The largest absolute Gasteiger partial charge is 0.347 e. The van der Waals surface area contributed by atoms with Crippen LogP contribution < -0.4 is 0 Å². The first-order valence-corrected chi connectivity index (χ1v) is 8.67. The van der Waals surface area contributed by atoms with Crippen LogP contribution in [0.15, 0.2) is 30.7 Å². The second-order valence-corrected chi connectivity index (χ2v) is 6.80. The Morgan fingerprint density at radius 1 is 1.33 bits per heavy atom. The van der Waals surface area contributed by atoms with Crippen molar-refractivity contribution < 1.29 is 9.47 Å². The lowest BCUT2D eigenvalue weighted by atomic mass is 9.90. The summed E-state index contributed by atoms with van der Waals surface area (Å²) in [5.74, 6) is 0.00354. The molecule has 2 aromatic heterocycles. The summed E-state index contributed by atoms with van der Waals surface area (Å²) in [6.45, 7) is 6.48. The van der Waals surface area contributed by atoms with E-state index in [2.05, 4.69) is 33.1 Å². The van der Waals surface area contributed by atoms with Crippen molar-refractivity contribution in [2.75, 3.05) is 26.3 Å². The van der Waals surface area contributed by atoms with Crippen LogP contribution >= 0.6 is 0 Å². The Balaban J connectivity index is 1.47. The van der Waals surface area contributed by atoms with Crippen molar-refractivity contribution in [2.45, 2.75) is 32.1 Å². The van der Waals surface area contributed by atoms with Gasteiger partial charge in [-0.05, 0) is 38.4 Å². The zero-order valence-electron chi connectivity index (χ0n) is 14.1. The third-order valence-electron chi connectivity index (χ3n) is 5.17. The standard InChI is InChI=1S/C18H24N4O2/c1-18(23-8-9-24-18)16-5-3-7-22(13-16)12-15-11-20-21-17(15)14-4-2-6-19-10-14/h2,4,6,10-11,16H,3,5,7-9,12-13H2,1H3,(H,20,21)/t16-/m1/s1. The van der Waals surface area contributed by atoms with Crippen molar-refractivity contribution >= 4 is 0 Å². The number of nitrogens with one attached hydrogen (secondary N) is 1. The monoisotopic (exact) mass is 328 g/mol. The molecule has 4 rings (SSSR count). The highest BCUT2D eigenvalue weighted by Crippen LogP contribution is 2.34. The van der Waals surface area contributed by atoms with Gasteiger partial charge < -0.3 is 9.47 Å². The summed E-state index contributed by atoms with van der Waals surface area (Å²) in [4.78, 5) is 6.69. The van der Waals surface area contributed by atoms with Gasteiger partial charge in [-0.15, -0.1) is 0 Å². The second kappa shape index (κ2) is 6.63. The minimum absolute atomic E-state index is 0.415. The minimum atomic E-state index is -0.415. The van der Waals surface area contributed by atoms with E-state index < -0.39 is 5.79 Å². The van der Waals surface area contributed by atoms with Crippen LogP contribution in [0.5, 0.6) is 0 Å². The van der Waals surface area contributed by atoms with Gasteiger partial charge in [-0.25, -0.2) is 0 Å². The van der Waals surface area contributed by atoms with Gasteiger partial charge in [-0.2, -0.15) is 5.10 Å². The van der Waals surface area contributed by atoms with Gasteiger partial charge >= 0.3 is 0 Å². The predicted molar refractivity (Wildman–Crippen MR) is 90.1 cm³/mol. The van der Waals surface area contributed by atoms with Crippen molar-refractivity contribution in [2.24, 2.45) is 5.92 Å². The molecule has 0 aliphatic carbocycles. The second-order valence-electron chi connectivity index (χ2n) is 6.80. The van der Waals surface area contributed by atoms with Crippen molar-refractivity contribution in [1.82, 2.24) is 20.1 Å². The van der Waals surface area contributed by atoms with Gasteiger partial charge in [0.25, 0.3) is 0 Å². The molecule has 4 heterocycles. The first kappa shape index (κ1) is 15.7. The maximum Gasteiger partial charge on any atom is 0.169 e. The fraction of sp³-hybridized carbons (Fsp3) is 0.556. The molecule has 0 amide bonds. The van der Waals surface area contributed by atoms with Crippen molar-refractivity contribution in [1.29, 1.82) is 0 Å². The zero-order valence-corrected chi connectivity index (χ0v) is 14.1. The Morgan fingerprint density at radius 2 is 2.21 bits per heavy atom. The first-order chi connectivity index (χ1) is 11.7. The van der Waals surface area contributed by atoms with Crippen molar-refractivity contribution in [3.63, 3.8) is 0 Å². The van der Waals surface area contributed by atoms with E-state index in [1.807, 2.05) is 18.5 Å². The quantitative estimate of drug-likeness (QED) is 0.934. The van der Waals surface area contributed by atoms with Crippen molar-refractivity contribution in [3.8, 4) is 11.3 Å². The number of hydrogen-bond acceptors (Lipinski definition) is 5. The Kier molecular flexibility index (Phi) is 4.35. The Morgan fingerprint density at radius 3 is 3.00 bits per heavy atom. The predicted octanol–water partition coefficient (Wildman–Crippen LogP) is 2.45. The number of aromatic amines is 1. The van der Waals surface area contributed by atoms with Gasteiger partial charge in [-0.1, -0.05) is 0 Å². The molecule has 0 saturated carbocycles. The van der Waals surface area contributed by atoms with E-state index in [0.717, 1.165) is 37.3 Å². The van der Waals surface area contributed by atoms with Gasteiger partial charge in [0.05, 0.1) is 25.1 Å². The lowest BCUT2D eigenvalue weighted by molar-refractivity contribution is -0.192. The average Bonchev–Trinajstić information content (AvgIpc) is 3.26. The van der Waals surface area contributed by atoms with Crippen LogP contribution in [0.3, 0.4) is 0 Å². The number of pyridine rings is 1. The summed E-state index contributed by atoms with van der Waals surface area (Å²) < 4.78 is 11.8. The maximum absolute atomic E-state index is 5.88. The van der Waals surface area contributed by atoms with E-state index in [1.165, 1.54) is 12.0 Å². The van der Waals surface area contributed by atoms with E-state index in [1.54, 1.807) is 6.20 Å². The number of rotatable bonds is 4. The Hall–Kier alpha value is -1.76. The summed E-state index contributed by atoms with van der Waals surface area (Å²) in [5.41, 5.74) is 3.35. The van der Waals surface area contributed by atoms with Crippen LogP contribution in [0.2, 0.25) is 0 Å². The molecule has 2 fully saturated rings. The number of ether oxygens (including phenoxy) is 2. The molecule has 0 aromatic carbocycles. The summed E-state index contributed by atoms with van der Waals surface area (Å²) >= 11 is 0. The third kappa shape index (κ3) is 3.09. The molecule has 128 valence electrons. The van der Waals surface area contributed by atoms with Gasteiger partial charge in [-0.3, -0.25) is 15.0 Å². The van der Waals surface area contributed by atoms with Gasteiger partial charge in [0, 0.05) is 42.5 Å². The summed E-state index contributed by atoms with van der Waals surface area (Å²) in [5, 5.41) is 7.36. The van der Waals surface area contributed by atoms with Gasteiger partial charge in [0.2, 0.25) is 0 Å². The molecule has 2 aliphatic heterocycles. The molecule has 0 spiro atoms. The van der Waals surface area contributed by atoms with E-state index in [4.69, 9.17) is 9.47 Å². The number of likely N-dealkylation sites (tertiary alicyclic amines) is 1. The minimum Gasteiger partial charge on any atom is -0.347 e. The molecule has 1 N–H and O–H groups in total. The van der Waals surface area contributed by atoms with E-state index in [0.29, 0.717) is 19.1 Å². The lowest BCUT2D eigenvalue weighted by Gasteiger charge is -2.39. The zero-order chi connectivity index (χ0) is 16.4. The highest BCUT2D eigenvalue weighted by atomic mass is 16.7. The van der Waals surface area contributed by atoms with Crippen LogP contribution in [0.25, 0.3) is 11.3 Å². The third-order valence-corrected chi connectivity index (χ3v) is 5.17. The first-order valence-electron chi connectivity index (χ1n) is 8.67. The number of piperidine rings is 1. The molecule has 2 saturated heterocycles. The number of aromatic nitrogens is 3. The molecule has 0 radical (unpaired) electrons. The smallest absolute Gasteiger partial charge is 0.169 e. The van der Waals surface area contributed by atoms with Crippen LogP contribution in [0.1, 0.15) is 25.3 Å². The van der Waals surface area contributed by atoms with Crippen LogP contribution in [-0.4, -0.2) is 52.2 Å². The molecule has 0 unspecified atom stereocenters. The SMILES string of the molecule is CC1([C@@H]2CCCN(Cc3cn[nH]c3-c3cccnc3)C2)OCCO1. The molecular weight excluding hydrogens is 304 g/mol. The number of hydrogen-bond donors (Lipinski definition) is 1. The Bertz CT molecular complexity index is 667. The maximum atomic E-state index is 5.88. The lowest BCUT2D eigenvalue weighted by Crippen LogP contribution is -2.46.